The molecule has 1 spiro atoms. The summed E-state index contributed by atoms with van der Waals surface area (Å²) in [7, 11) is 0. The van der Waals surface area contributed by atoms with Gasteiger partial charge < -0.3 is 15.0 Å². The first-order valence-electron chi connectivity index (χ1n) is 8.71. The monoisotopic (exact) mass is 330 g/mol. The largest absolute Gasteiger partial charge is 0.481 e. The van der Waals surface area contributed by atoms with Crippen molar-refractivity contribution >= 4 is 11.8 Å². The quantitative estimate of drug-likeness (QED) is 0.922. The lowest BCUT2D eigenvalue weighted by Gasteiger charge is -2.25. The highest BCUT2D eigenvalue weighted by molar-refractivity contribution is 5.82. The first kappa shape index (κ1) is 16.8. The predicted octanol–water partition coefficient (Wildman–Crippen LogP) is 2.32. The number of rotatable bonds is 4. The summed E-state index contributed by atoms with van der Waals surface area (Å²) in [5, 5.41) is 2.89. The maximum Gasteiger partial charge on any atom is 0.263 e. The summed E-state index contributed by atoms with van der Waals surface area (Å²) < 4.78 is 5.98. The van der Waals surface area contributed by atoms with Crippen LogP contribution in [0.25, 0.3) is 0 Å². The highest BCUT2D eigenvalue weighted by atomic mass is 16.5. The fourth-order valence-corrected chi connectivity index (χ4v) is 3.73. The van der Waals surface area contributed by atoms with E-state index in [9.17, 15) is 9.59 Å². The molecule has 1 aromatic carbocycles. The minimum Gasteiger partial charge on any atom is -0.481 e. The Kier molecular flexibility index (Phi) is 4.52. The molecule has 2 amide bonds. The summed E-state index contributed by atoms with van der Waals surface area (Å²) >= 11 is 0. The maximum atomic E-state index is 12.7. The summed E-state index contributed by atoms with van der Waals surface area (Å²) in [5.74, 6) is 1.22. The molecule has 0 radical (unpaired) electrons. The van der Waals surface area contributed by atoms with Gasteiger partial charge in [0.15, 0.2) is 6.10 Å². The van der Waals surface area contributed by atoms with Crippen LogP contribution < -0.4 is 10.1 Å². The Balaban J connectivity index is 1.65. The van der Waals surface area contributed by atoms with E-state index in [-0.39, 0.29) is 17.2 Å². The van der Waals surface area contributed by atoms with E-state index in [2.05, 4.69) is 19.2 Å². The first-order chi connectivity index (χ1) is 11.4. The molecule has 2 heterocycles. The Morgan fingerprint density at radius 1 is 1.29 bits per heavy atom. The van der Waals surface area contributed by atoms with E-state index in [0.717, 1.165) is 17.7 Å². The number of hydrogen-bond acceptors (Lipinski definition) is 3. The number of carbonyl (C=O) groups excluding carboxylic acids is 2. The van der Waals surface area contributed by atoms with Crippen LogP contribution in [0.2, 0.25) is 0 Å². The number of benzene rings is 1. The van der Waals surface area contributed by atoms with Gasteiger partial charge in [-0.3, -0.25) is 9.59 Å². The summed E-state index contributed by atoms with van der Waals surface area (Å²) in [5.41, 5.74) is 1.04. The molecule has 5 heteroatoms. The van der Waals surface area contributed by atoms with Crippen molar-refractivity contribution in [3.63, 3.8) is 0 Å². The van der Waals surface area contributed by atoms with Gasteiger partial charge in [0.1, 0.15) is 5.75 Å². The van der Waals surface area contributed by atoms with Crippen LogP contribution in [0.4, 0.5) is 0 Å². The third kappa shape index (κ3) is 3.25. The second kappa shape index (κ2) is 6.46. The predicted molar refractivity (Wildman–Crippen MR) is 91.9 cm³/mol. The molecular formula is C19H26N2O3. The normalized spacial score (nSPS) is 24.5. The van der Waals surface area contributed by atoms with Crippen molar-refractivity contribution in [2.75, 3.05) is 19.6 Å². The summed E-state index contributed by atoms with van der Waals surface area (Å²) in [4.78, 5) is 26.1. The van der Waals surface area contributed by atoms with Gasteiger partial charge in [-0.2, -0.15) is 0 Å². The van der Waals surface area contributed by atoms with Gasteiger partial charge in [0, 0.05) is 31.5 Å². The zero-order valence-corrected chi connectivity index (χ0v) is 14.7. The highest BCUT2D eigenvalue weighted by Crippen LogP contribution is 2.37. The van der Waals surface area contributed by atoms with Crippen LogP contribution >= 0.6 is 0 Å². The number of ether oxygens (including phenoxy) is 1. The second-order valence-electron chi connectivity index (χ2n) is 7.42. The Bertz CT molecular complexity index is 643. The van der Waals surface area contributed by atoms with Crippen molar-refractivity contribution in [3.05, 3.63) is 29.8 Å². The number of carbonyl (C=O) groups is 2. The second-order valence-corrected chi connectivity index (χ2v) is 7.42. The smallest absolute Gasteiger partial charge is 0.263 e. The fraction of sp³-hybridized carbons (Fsp3) is 0.579. The molecule has 2 atom stereocenters. The van der Waals surface area contributed by atoms with E-state index >= 15 is 0 Å². The van der Waals surface area contributed by atoms with Crippen molar-refractivity contribution in [2.45, 2.75) is 45.6 Å². The van der Waals surface area contributed by atoms with Gasteiger partial charge in [-0.1, -0.05) is 32.0 Å². The third-order valence-electron chi connectivity index (χ3n) is 5.14. The van der Waals surface area contributed by atoms with Crippen LogP contribution in [0.1, 0.15) is 45.1 Å². The molecule has 2 aliphatic rings. The maximum absolute atomic E-state index is 12.7. The van der Waals surface area contributed by atoms with Crippen molar-refractivity contribution < 1.29 is 14.3 Å². The summed E-state index contributed by atoms with van der Waals surface area (Å²) in [6.45, 7) is 8.06. The number of para-hydroxylation sites is 1. The highest BCUT2D eigenvalue weighted by Gasteiger charge is 2.45. The summed E-state index contributed by atoms with van der Waals surface area (Å²) in [6.07, 6.45) is 0.889. The lowest BCUT2D eigenvalue weighted by Crippen LogP contribution is -2.40. The van der Waals surface area contributed by atoms with Gasteiger partial charge >= 0.3 is 0 Å². The van der Waals surface area contributed by atoms with E-state index < -0.39 is 6.10 Å². The van der Waals surface area contributed by atoms with Gasteiger partial charge in [-0.25, -0.2) is 0 Å². The Morgan fingerprint density at radius 2 is 2.04 bits per heavy atom. The molecule has 0 aliphatic carbocycles. The lowest BCUT2D eigenvalue weighted by molar-refractivity contribution is -0.137. The van der Waals surface area contributed by atoms with Crippen molar-refractivity contribution in [3.8, 4) is 5.75 Å². The number of likely N-dealkylation sites (tertiary alicyclic amines) is 1. The van der Waals surface area contributed by atoms with Gasteiger partial charge in [-0.05, 0) is 30.9 Å². The molecule has 2 unspecified atom stereocenters. The molecule has 2 fully saturated rings. The summed E-state index contributed by atoms with van der Waals surface area (Å²) in [6, 6.07) is 7.88. The van der Waals surface area contributed by atoms with Crippen LogP contribution in [-0.2, 0) is 9.59 Å². The zero-order valence-electron chi connectivity index (χ0n) is 14.7. The molecule has 0 aromatic heterocycles. The van der Waals surface area contributed by atoms with Crippen molar-refractivity contribution in [1.29, 1.82) is 0 Å². The Hall–Kier alpha value is -2.04. The molecule has 0 bridgehead atoms. The molecule has 0 saturated carbocycles. The van der Waals surface area contributed by atoms with E-state index in [4.69, 9.17) is 4.74 Å². The minimum atomic E-state index is -0.523. The third-order valence-corrected chi connectivity index (χ3v) is 5.14. The van der Waals surface area contributed by atoms with Crippen LogP contribution in [0.5, 0.6) is 5.75 Å². The lowest BCUT2D eigenvalue weighted by atomic mass is 9.86. The molecule has 130 valence electrons. The van der Waals surface area contributed by atoms with Crippen LogP contribution in [0, 0.1) is 5.41 Å². The van der Waals surface area contributed by atoms with Gasteiger partial charge in [0.2, 0.25) is 5.91 Å². The Morgan fingerprint density at radius 3 is 2.71 bits per heavy atom. The van der Waals surface area contributed by atoms with E-state index in [1.54, 1.807) is 0 Å². The van der Waals surface area contributed by atoms with Gasteiger partial charge in [0.25, 0.3) is 5.91 Å². The molecule has 2 saturated heterocycles. The first-order valence-corrected chi connectivity index (χ1v) is 8.71. The van der Waals surface area contributed by atoms with Crippen molar-refractivity contribution in [2.24, 2.45) is 5.41 Å². The molecule has 2 aliphatic heterocycles. The van der Waals surface area contributed by atoms with Crippen molar-refractivity contribution in [1.82, 2.24) is 10.2 Å². The van der Waals surface area contributed by atoms with Crippen LogP contribution in [0.3, 0.4) is 0 Å². The standard InChI is InChI=1S/C19H26N2O3/c1-13(2)15-6-4-5-7-16(15)24-14(3)18(23)21-9-8-19(12-21)10-17(22)20-11-19/h4-7,13-14H,8-12H2,1-3H3,(H,20,22). The van der Waals surface area contributed by atoms with E-state index in [1.165, 1.54) is 0 Å². The van der Waals surface area contributed by atoms with Gasteiger partial charge in [0.05, 0.1) is 0 Å². The fourth-order valence-electron chi connectivity index (χ4n) is 3.73. The number of hydrogen-bond donors (Lipinski definition) is 1. The molecule has 5 nitrogen and oxygen atoms in total. The van der Waals surface area contributed by atoms with E-state index in [1.807, 2.05) is 36.1 Å². The average Bonchev–Trinajstić information content (AvgIpc) is 3.13. The molecule has 3 rings (SSSR count). The topological polar surface area (TPSA) is 58.6 Å². The Labute approximate surface area is 143 Å². The zero-order chi connectivity index (χ0) is 17.3. The number of nitrogens with one attached hydrogen (secondary N) is 1. The van der Waals surface area contributed by atoms with E-state index in [0.29, 0.717) is 32.0 Å². The molecular weight excluding hydrogens is 304 g/mol. The number of amides is 2. The van der Waals surface area contributed by atoms with Crippen LogP contribution in [0.15, 0.2) is 24.3 Å². The molecule has 1 N–H and O–H groups in total. The average molecular weight is 330 g/mol. The molecule has 1 aromatic rings. The van der Waals surface area contributed by atoms with Crippen LogP contribution in [-0.4, -0.2) is 42.5 Å². The SMILES string of the molecule is CC(Oc1ccccc1C(C)C)C(=O)N1CCC2(CNC(=O)C2)C1. The minimum absolute atomic E-state index is 0.00443. The van der Waals surface area contributed by atoms with Gasteiger partial charge in [-0.15, -0.1) is 0 Å². The number of nitrogens with zero attached hydrogens (tertiary/aromatic N) is 1. The molecule has 24 heavy (non-hydrogen) atoms.